The van der Waals surface area contributed by atoms with E-state index in [0.29, 0.717) is 28.1 Å². The summed E-state index contributed by atoms with van der Waals surface area (Å²) >= 11 is 0. The molecule has 3 aromatic heterocycles. The van der Waals surface area contributed by atoms with Crippen molar-refractivity contribution in [2.45, 2.75) is 60.4 Å². The van der Waals surface area contributed by atoms with Gasteiger partial charge in [-0.1, -0.05) is 32.0 Å². The molecule has 0 fully saturated rings. The summed E-state index contributed by atoms with van der Waals surface area (Å²) in [5.41, 5.74) is 5.13. The van der Waals surface area contributed by atoms with Gasteiger partial charge in [-0.3, -0.25) is 4.79 Å². The number of nitrogens with one attached hydrogen (secondary N) is 1. The van der Waals surface area contributed by atoms with Gasteiger partial charge >= 0.3 is 5.97 Å². The first-order chi connectivity index (χ1) is 17.2. The molecule has 0 saturated heterocycles. The van der Waals surface area contributed by atoms with E-state index >= 15 is 0 Å². The first kappa shape index (κ1) is 25.2. The molecule has 36 heavy (non-hydrogen) atoms. The van der Waals surface area contributed by atoms with Gasteiger partial charge in [0.05, 0.1) is 22.8 Å². The van der Waals surface area contributed by atoms with Crippen LogP contribution in [0.2, 0.25) is 0 Å². The fraction of sp³-hybridized carbons (Fsp3) is 0.357. The van der Waals surface area contributed by atoms with Crippen molar-refractivity contribution < 1.29 is 18.7 Å². The maximum absolute atomic E-state index is 13.2. The molecule has 8 heteroatoms. The first-order valence-electron chi connectivity index (χ1n) is 12.3. The fourth-order valence-electron chi connectivity index (χ4n) is 4.38. The Kier molecular flexibility index (Phi) is 7.24. The minimum absolute atomic E-state index is 0.0403. The van der Waals surface area contributed by atoms with Gasteiger partial charge in [-0.05, 0) is 63.8 Å². The van der Waals surface area contributed by atoms with Crippen molar-refractivity contribution in [2.75, 3.05) is 11.9 Å². The number of hydrogen-bond acceptors (Lipinski definition) is 6. The number of aromatic nitrogens is 3. The molecule has 4 aromatic rings. The summed E-state index contributed by atoms with van der Waals surface area (Å²) < 4.78 is 12.9. The number of aryl methyl sites for hydroxylation is 4. The second kappa shape index (κ2) is 10.4. The standard InChI is InChI=1S/C28H32N4O4/c1-7-19-10-9-11-20(8-2)26(19)31-25(33)15-35-28(34)22-13-24(21-12-17(5)36-18(21)6)30-27-23(22)14-29-32(27)16(3)4/h9-14,16H,7-8,15H2,1-6H3,(H,31,33). The third-order valence-corrected chi connectivity index (χ3v) is 6.19. The van der Waals surface area contributed by atoms with E-state index in [4.69, 9.17) is 14.1 Å². The lowest BCUT2D eigenvalue weighted by Crippen LogP contribution is -2.22. The van der Waals surface area contributed by atoms with E-state index in [1.807, 2.05) is 65.8 Å². The molecular formula is C28H32N4O4. The van der Waals surface area contributed by atoms with Gasteiger partial charge in [-0.2, -0.15) is 5.10 Å². The fourth-order valence-corrected chi connectivity index (χ4v) is 4.38. The summed E-state index contributed by atoms with van der Waals surface area (Å²) in [5.74, 6) is 0.458. The van der Waals surface area contributed by atoms with E-state index in [9.17, 15) is 9.59 Å². The predicted octanol–water partition coefficient (Wildman–Crippen LogP) is 5.81. The molecule has 0 aliphatic heterocycles. The number of pyridine rings is 1. The van der Waals surface area contributed by atoms with Gasteiger partial charge in [-0.25, -0.2) is 14.5 Å². The number of ether oxygens (including phenoxy) is 1. The highest BCUT2D eigenvalue weighted by molar-refractivity contribution is 6.05. The molecule has 8 nitrogen and oxygen atoms in total. The second-order valence-electron chi connectivity index (χ2n) is 9.08. The first-order valence-corrected chi connectivity index (χ1v) is 12.3. The Bertz CT molecular complexity index is 1410. The molecule has 1 aromatic carbocycles. The number of esters is 1. The lowest BCUT2D eigenvalue weighted by molar-refractivity contribution is -0.119. The molecule has 0 bridgehead atoms. The van der Waals surface area contributed by atoms with Gasteiger partial charge in [0, 0.05) is 17.3 Å². The Labute approximate surface area is 210 Å². The molecule has 1 amide bonds. The number of carbonyl (C=O) groups excluding carboxylic acids is 2. The zero-order chi connectivity index (χ0) is 26.0. The summed E-state index contributed by atoms with van der Waals surface area (Å²) in [6, 6.07) is 9.56. The van der Waals surface area contributed by atoms with Crippen molar-refractivity contribution in [1.29, 1.82) is 0 Å². The number of nitrogens with zero attached hydrogens (tertiary/aromatic N) is 3. The maximum atomic E-state index is 13.2. The van der Waals surface area contributed by atoms with Gasteiger partial charge in [0.15, 0.2) is 12.3 Å². The van der Waals surface area contributed by atoms with Crippen molar-refractivity contribution in [3.63, 3.8) is 0 Å². The average Bonchev–Trinajstić information content (AvgIpc) is 3.44. The number of rotatable bonds is 8. The summed E-state index contributed by atoms with van der Waals surface area (Å²) in [7, 11) is 0. The lowest BCUT2D eigenvalue weighted by Gasteiger charge is -2.14. The third kappa shape index (κ3) is 4.89. The molecule has 0 saturated carbocycles. The number of fused-ring (bicyclic) bond motifs is 1. The Morgan fingerprint density at radius 3 is 2.39 bits per heavy atom. The van der Waals surface area contributed by atoms with Gasteiger partial charge in [0.2, 0.25) is 0 Å². The number of anilines is 1. The summed E-state index contributed by atoms with van der Waals surface area (Å²) in [4.78, 5) is 30.8. The number of benzene rings is 1. The Hall–Kier alpha value is -3.94. The number of carbonyl (C=O) groups is 2. The van der Waals surface area contributed by atoms with Crippen LogP contribution in [0.4, 0.5) is 5.69 Å². The van der Waals surface area contributed by atoms with Crippen molar-refractivity contribution >= 4 is 28.6 Å². The summed E-state index contributed by atoms with van der Waals surface area (Å²) in [5, 5.41) is 7.94. The highest BCUT2D eigenvalue weighted by Gasteiger charge is 2.22. The molecule has 0 radical (unpaired) electrons. The molecule has 0 aliphatic carbocycles. The smallest absolute Gasteiger partial charge is 0.339 e. The molecule has 4 rings (SSSR count). The molecule has 0 spiro atoms. The number of furan rings is 1. The minimum Gasteiger partial charge on any atom is -0.466 e. The molecule has 0 atom stereocenters. The van der Waals surface area contributed by atoms with Crippen LogP contribution < -0.4 is 5.32 Å². The van der Waals surface area contributed by atoms with Crippen molar-refractivity contribution in [3.8, 4) is 11.3 Å². The van der Waals surface area contributed by atoms with E-state index in [2.05, 4.69) is 10.4 Å². The van der Waals surface area contributed by atoms with Crippen molar-refractivity contribution in [1.82, 2.24) is 14.8 Å². The van der Waals surface area contributed by atoms with Crippen LogP contribution in [0.25, 0.3) is 22.3 Å². The van der Waals surface area contributed by atoms with Gasteiger partial charge in [0.1, 0.15) is 11.5 Å². The largest absolute Gasteiger partial charge is 0.466 e. The van der Waals surface area contributed by atoms with E-state index in [0.717, 1.165) is 41.0 Å². The zero-order valence-corrected chi connectivity index (χ0v) is 21.6. The Balaban J connectivity index is 1.62. The van der Waals surface area contributed by atoms with Crippen LogP contribution in [-0.4, -0.2) is 33.2 Å². The van der Waals surface area contributed by atoms with E-state index in [1.54, 1.807) is 16.9 Å². The lowest BCUT2D eigenvalue weighted by atomic mass is 10.0. The van der Waals surface area contributed by atoms with Crippen LogP contribution in [0.5, 0.6) is 0 Å². The van der Waals surface area contributed by atoms with Crippen LogP contribution in [0.1, 0.15) is 66.7 Å². The number of hydrogen-bond donors (Lipinski definition) is 1. The SMILES string of the molecule is CCc1cccc(CC)c1NC(=O)COC(=O)c1cc(-c2cc(C)oc2C)nc2c1cnn2C(C)C. The predicted molar refractivity (Wildman–Crippen MR) is 139 cm³/mol. The molecule has 1 N–H and O–H groups in total. The average molecular weight is 489 g/mol. The molecule has 3 heterocycles. The van der Waals surface area contributed by atoms with E-state index in [1.165, 1.54) is 0 Å². The normalized spacial score (nSPS) is 11.3. The van der Waals surface area contributed by atoms with Gasteiger partial charge < -0.3 is 14.5 Å². The maximum Gasteiger partial charge on any atom is 0.339 e. The van der Waals surface area contributed by atoms with Gasteiger partial charge in [-0.15, -0.1) is 0 Å². The second-order valence-corrected chi connectivity index (χ2v) is 9.08. The highest BCUT2D eigenvalue weighted by Crippen LogP contribution is 2.30. The van der Waals surface area contributed by atoms with E-state index < -0.39 is 12.6 Å². The van der Waals surface area contributed by atoms with Crippen molar-refractivity contribution in [3.05, 3.63) is 64.7 Å². The molecule has 0 aliphatic rings. The molecule has 0 unspecified atom stereocenters. The monoisotopic (exact) mass is 488 g/mol. The van der Waals surface area contributed by atoms with E-state index in [-0.39, 0.29) is 11.9 Å². The molecular weight excluding hydrogens is 456 g/mol. The zero-order valence-electron chi connectivity index (χ0n) is 21.6. The number of para-hydroxylation sites is 1. The van der Waals surface area contributed by atoms with Crippen molar-refractivity contribution in [2.24, 2.45) is 0 Å². The van der Waals surface area contributed by atoms with Crippen LogP contribution in [0, 0.1) is 13.8 Å². The van der Waals surface area contributed by atoms with Crippen LogP contribution >= 0.6 is 0 Å². The summed E-state index contributed by atoms with van der Waals surface area (Å²) in [6.07, 6.45) is 3.18. The topological polar surface area (TPSA) is 99.2 Å². The quantitative estimate of drug-likeness (QED) is 0.314. The third-order valence-electron chi connectivity index (χ3n) is 6.19. The molecule has 188 valence electrons. The highest BCUT2D eigenvalue weighted by atomic mass is 16.5. The Morgan fingerprint density at radius 1 is 1.11 bits per heavy atom. The van der Waals surface area contributed by atoms with Crippen LogP contribution in [-0.2, 0) is 22.4 Å². The minimum atomic E-state index is -0.612. The van der Waals surface area contributed by atoms with Crippen LogP contribution in [0.3, 0.4) is 0 Å². The van der Waals surface area contributed by atoms with Gasteiger partial charge in [0.25, 0.3) is 5.91 Å². The number of amides is 1. The summed E-state index contributed by atoms with van der Waals surface area (Å²) in [6.45, 7) is 11.4. The Morgan fingerprint density at radius 2 is 1.81 bits per heavy atom. The van der Waals surface area contributed by atoms with Crippen LogP contribution in [0.15, 0.2) is 40.9 Å².